The van der Waals surface area contributed by atoms with E-state index >= 15 is 0 Å². The summed E-state index contributed by atoms with van der Waals surface area (Å²) in [7, 11) is 3.73. The highest BCUT2D eigenvalue weighted by Crippen LogP contribution is 2.21. The van der Waals surface area contributed by atoms with Gasteiger partial charge in [0.05, 0.1) is 7.11 Å². The predicted molar refractivity (Wildman–Crippen MR) is 89.6 cm³/mol. The fourth-order valence-corrected chi connectivity index (χ4v) is 2.96. The second-order valence-corrected chi connectivity index (χ2v) is 5.99. The molecule has 1 atom stereocenters. The average Bonchev–Trinajstić information content (AvgIpc) is 3.03. The van der Waals surface area contributed by atoms with E-state index in [0.717, 1.165) is 37.7 Å². The van der Waals surface area contributed by atoms with Crippen LogP contribution < -0.4 is 9.64 Å². The third-order valence-electron chi connectivity index (χ3n) is 4.31. The van der Waals surface area contributed by atoms with Gasteiger partial charge in [-0.05, 0) is 31.0 Å². The van der Waals surface area contributed by atoms with Crippen molar-refractivity contribution in [3.63, 3.8) is 0 Å². The van der Waals surface area contributed by atoms with Gasteiger partial charge < -0.3 is 9.64 Å². The summed E-state index contributed by atoms with van der Waals surface area (Å²) in [6, 6.07) is 6.42. The Morgan fingerprint density at radius 2 is 2.13 bits per heavy atom. The van der Waals surface area contributed by atoms with Crippen molar-refractivity contribution in [3.05, 3.63) is 41.9 Å². The van der Waals surface area contributed by atoms with Crippen molar-refractivity contribution in [2.75, 3.05) is 32.1 Å². The number of methoxy groups -OCH3 is 1. The maximum absolute atomic E-state index is 5.19. The summed E-state index contributed by atoms with van der Waals surface area (Å²) in [5.74, 6) is 1.48. The Morgan fingerprint density at radius 3 is 2.91 bits per heavy atom. The summed E-state index contributed by atoms with van der Waals surface area (Å²) >= 11 is 0. The molecule has 0 aromatic carbocycles. The molecule has 122 valence electrons. The van der Waals surface area contributed by atoms with Crippen molar-refractivity contribution in [3.8, 4) is 5.88 Å². The molecule has 1 aliphatic heterocycles. The highest BCUT2D eigenvalue weighted by Gasteiger charge is 2.27. The van der Waals surface area contributed by atoms with E-state index in [1.807, 2.05) is 31.3 Å². The first-order valence-corrected chi connectivity index (χ1v) is 7.89. The second kappa shape index (κ2) is 6.91. The minimum Gasteiger partial charge on any atom is -0.481 e. The molecule has 6 nitrogen and oxygen atoms in total. The van der Waals surface area contributed by atoms with Gasteiger partial charge in [0.1, 0.15) is 0 Å². The van der Waals surface area contributed by atoms with Crippen molar-refractivity contribution in [1.29, 1.82) is 0 Å². The zero-order valence-electron chi connectivity index (χ0n) is 13.9. The molecule has 23 heavy (non-hydrogen) atoms. The van der Waals surface area contributed by atoms with Crippen LogP contribution in [-0.2, 0) is 6.54 Å². The Morgan fingerprint density at radius 1 is 1.30 bits per heavy atom. The van der Waals surface area contributed by atoms with E-state index in [2.05, 4.69) is 31.8 Å². The van der Waals surface area contributed by atoms with E-state index in [4.69, 9.17) is 4.74 Å². The summed E-state index contributed by atoms with van der Waals surface area (Å²) in [4.78, 5) is 17.7. The molecule has 6 heteroatoms. The molecule has 3 heterocycles. The normalized spacial score (nSPS) is 18.1. The lowest BCUT2D eigenvalue weighted by Crippen LogP contribution is -2.35. The van der Waals surface area contributed by atoms with Gasteiger partial charge in [0.15, 0.2) is 0 Å². The molecule has 3 rings (SSSR count). The van der Waals surface area contributed by atoms with Gasteiger partial charge in [-0.3, -0.25) is 4.90 Å². The molecular formula is C17H23N5O. The van der Waals surface area contributed by atoms with Gasteiger partial charge in [-0.15, -0.1) is 0 Å². The molecule has 1 saturated heterocycles. The SMILES string of the molecule is COc1cc(CN2CCC(N(C)c3nccc(C)n3)C2)ccn1. The monoisotopic (exact) mass is 313 g/mol. The topological polar surface area (TPSA) is 54.4 Å². The van der Waals surface area contributed by atoms with E-state index in [1.165, 1.54) is 5.56 Å². The van der Waals surface area contributed by atoms with E-state index in [1.54, 1.807) is 13.3 Å². The zero-order valence-corrected chi connectivity index (χ0v) is 13.9. The van der Waals surface area contributed by atoms with E-state index < -0.39 is 0 Å². The number of rotatable bonds is 5. The number of anilines is 1. The Kier molecular flexibility index (Phi) is 4.71. The molecule has 0 spiro atoms. The first-order chi connectivity index (χ1) is 11.2. The maximum Gasteiger partial charge on any atom is 0.225 e. The van der Waals surface area contributed by atoms with Crippen molar-refractivity contribution in [2.24, 2.45) is 0 Å². The molecule has 0 bridgehead atoms. The van der Waals surface area contributed by atoms with Crippen LogP contribution in [0.15, 0.2) is 30.6 Å². The van der Waals surface area contributed by atoms with Gasteiger partial charge >= 0.3 is 0 Å². The lowest BCUT2D eigenvalue weighted by atomic mass is 10.2. The predicted octanol–water partition coefficient (Wildman–Crippen LogP) is 1.90. The largest absolute Gasteiger partial charge is 0.481 e. The van der Waals surface area contributed by atoms with E-state index in [0.29, 0.717) is 11.9 Å². The maximum atomic E-state index is 5.19. The van der Waals surface area contributed by atoms with Gasteiger partial charge in [-0.1, -0.05) is 0 Å². The Bertz CT molecular complexity index is 663. The number of aryl methyl sites for hydroxylation is 1. The molecule has 0 N–H and O–H groups in total. The van der Waals surface area contributed by atoms with Gasteiger partial charge in [0.25, 0.3) is 0 Å². The summed E-state index contributed by atoms with van der Waals surface area (Å²) < 4.78 is 5.19. The molecule has 2 aromatic rings. The number of pyridine rings is 1. The fourth-order valence-electron chi connectivity index (χ4n) is 2.96. The molecule has 0 radical (unpaired) electrons. The second-order valence-electron chi connectivity index (χ2n) is 5.99. The summed E-state index contributed by atoms with van der Waals surface area (Å²) in [6.45, 7) is 5.00. The number of likely N-dealkylation sites (tertiary alicyclic amines) is 1. The van der Waals surface area contributed by atoms with Gasteiger partial charge in [-0.2, -0.15) is 0 Å². The zero-order chi connectivity index (χ0) is 16.2. The first-order valence-electron chi connectivity index (χ1n) is 7.89. The number of hydrogen-bond acceptors (Lipinski definition) is 6. The molecule has 0 saturated carbocycles. The lowest BCUT2D eigenvalue weighted by molar-refractivity contribution is 0.324. The van der Waals surface area contributed by atoms with Crippen molar-refractivity contribution in [1.82, 2.24) is 19.9 Å². The number of nitrogens with zero attached hydrogens (tertiary/aromatic N) is 5. The lowest BCUT2D eigenvalue weighted by Gasteiger charge is -2.25. The summed E-state index contributed by atoms with van der Waals surface area (Å²) in [6.07, 6.45) is 4.74. The van der Waals surface area contributed by atoms with E-state index in [-0.39, 0.29) is 0 Å². The summed E-state index contributed by atoms with van der Waals surface area (Å²) in [5, 5.41) is 0. The van der Waals surface area contributed by atoms with Crippen molar-refractivity contribution in [2.45, 2.75) is 25.9 Å². The van der Waals surface area contributed by atoms with Crippen molar-refractivity contribution >= 4 is 5.95 Å². The van der Waals surface area contributed by atoms with Crippen LogP contribution in [0, 0.1) is 6.92 Å². The van der Waals surface area contributed by atoms with Crippen LogP contribution in [0.5, 0.6) is 5.88 Å². The summed E-state index contributed by atoms with van der Waals surface area (Å²) in [5.41, 5.74) is 2.23. The van der Waals surface area contributed by atoms with Crippen LogP contribution in [0.3, 0.4) is 0 Å². The van der Waals surface area contributed by atoms with Gasteiger partial charge in [0.2, 0.25) is 11.8 Å². The Hall–Kier alpha value is -2.21. The van der Waals surface area contributed by atoms with Crippen LogP contribution in [0.4, 0.5) is 5.95 Å². The molecule has 0 amide bonds. The third kappa shape index (κ3) is 3.76. The number of ether oxygens (including phenoxy) is 1. The first kappa shape index (κ1) is 15.7. The molecule has 1 unspecified atom stereocenters. The smallest absolute Gasteiger partial charge is 0.225 e. The van der Waals surface area contributed by atoms with Crippen LogP contribution in [0.25, 0.3) is 0 Å². The number of likely N-dealkylation sites (N-methyl/N-ethyl adjacent to an activating group) is 1. The van der Waals surface area contributed by atoms with Crippen LogP contribution in [0.2, 0.25) is 0 Å². The van der Waals surface area contributed by atoms with E-state index in [9.17, 15) is 0 Å². The van der Waals surface area contributed by atoms with Crippen LogP contribution in [0.1, 0.15) is 17.7 Å². The molecule has 1 aliphatic rings. The highest BCUT2D eigenvalue weighted by atomic mass is 16.5. The minimum absolute atomic E-state index is 0.445. The van der Waals surface area contributed by atoms with Crippen molar-refractivity contribution < 1.29 is 4.74 Å². The molecule has 0 aliphatic carbocycles. The average molecular weight is 313 g/mol. The third-order valence-corrected chi connectivity index (χ3v) is 4.31. The Labute approximate surface area is 137 Å². The van der Waals surface area contributed by atoms with Crippen LogP contribution in [-0.4, -0.2) is 53.1 Å². The number of aromatic nitrogens is 3. The number of hydrogen-bond donors (Lipinski definition) is 0. The quantitative estimate of drug-likeness (QED) is 0.840. The molecular weight excluding hydrogens is 290 g/mol. The standard InChI is InChI=1S/C17H23N5O/c1-13-4-7-19-17(20-13)21(2)15-6-9-22(12-15)11-14-5-8-18-16(10-14)23-3/h4-5,7-8,10,15H,6,9,11-12H2,1-3H3. The molecule has 2 aromatic heterocycles. The van der Waals surface area contributed by atoms with Gasteiger partial charge in [0, 0.05) is 56.9 Å². The van der Waals surface area contributed by atoms with Gasteiger partial charge in [-0.25, -0.2) is 15.0 Å². The molecule has 1 fully saturated rings. The highest BCUT2D eigenvalue weighted by molar-refractivity contribution is 5.31. The fraction of sp³-hybridized carbons (Fsp3) is 0.471. The minimum atomic E-state index is 0.445. The Balaban J connectivity index is 1.61. The van der Waals surface area contributed by atoms with Crippen LogP contribution >= 0.6 is 0 Å².